The van der Waals surface area contributed by atoms with Gasteiger partial charge in [0.05, 0.1) is 0 Å². The summed E-state index contributed by atoms with van der Waals surface area (Å²) >= 11 is 7.39. The molecule has 1 aromatic heterocycles. The van der Waals surface area contributed by atoms with Gasteiger partial charge in [0.25, 0.3) is 0 Å². The molecule has 0 aliphatic heterocycles. The Bertz CT molecular complexity index is 399. The number of halogens is 1. The minimum atomic E-state index is 0.753. The lowest BCUT2D eigenvalue weighted by atomic mass is 10.4. The Labute approximate surface area is 92.1 Å². The molecular formula is C11H7ClNS. The molecule has 0 aliphatic carbocycles. The fourth-order valence-corrected chi connectivity index (χ4v) is 1.87. The van der Waals surface area contributed by atoms with Gasteiger partial charge in [0.1, 0.15) is 5.03 Å². The number of rotatable bonds is 2. The zero-order valence-corrected chi connectivity index (χ0v) is 8.85. The van der Waals surface area contributed by atoms with E-state index in [0.29, 0.717) is 0 Å². The second-order valence-electron chi connectivity index (χ2n) is 2.65. The van der Waals surface area contributed by atoms with E-state index in [0.717, 1.165) is 14.9 Å². The molecule has 0 saturated heterocycles. The standard InChI is InChI=1S/C11H7ClNS/c12-9-4-6-10(7-5-9)14-11-3-1-2-8-13-11/h1,3-8H. The van der Waals surface area contributed by atoms with Gasteiger partial charge in [0, 0.05) is 22.2 Å². The third-order valence-electron chi connectivity index (χ3n) is 1.62. The fraction of sp³-hybridized carbons (Fsp3) is 0. The molecule has 1 nitrogen and oxygen atoms in total. The van der Waals surface area contributed by atoms with Crippen LogP contribution in [0.3, 0.4) is 0 Å². The van der Waals surface area contributed by atoms with E-state index in [2.05, 4.69) is 11.1 Å². The number of nitrogens with zero attached hydrogens (tertiary/aromatic N) is 1. The first-order chi connectivity index (χ1) is 6.84. The van der Waals surface area contributed by atoms with Crippen LogP contribution in [0.2, 0.25) is 5.02 Å². The van der Waals surface area contributed by atoms with Gasteiger partial charge in [0.2, 0.25) is 0 Å². The van der Waals surface area contributed by atoms with Gasteiger partial charge in [0.15, 0.2) is 0 Å². The van der Waals surface area contributed by atoms with Crippen LogP contribution in [0.4, 0.5) is 0 Å². The first kappa shape index (κ1) is 9.56. The summed E-state index contributed by atoms with van der Waals surface area (Å²) in [5.74, 6) is 0. The van der Waals surface area contributed by atoms with Crippen LogP contribution < -0.4 is 0 Å². The van der Waals surface area contributed by atoms with Crippen molar-refractivity contribution in [2.45, 2.75) is 9.92 Å². The normalized spacial score (nSPS) is 10.1. The van der Waals surface area contributed by atoms with Crippen LogP contribution in [0.15, 0.2) is 52.5 Å². The predicted molar refractivity (Wildman–Crippen MR) is 58.6 cm³/mol. The highest BCUT2D eigenvalue weighted by atomic mass is 35.5. The Morgan fingerprint density at radius 1 is 1.14 bits per heavy atom. The van der Waals surface area contributed by atoms with Crippen molar-refractivity contribution in [3.05, 3.63) is 53.7 Å². The van der Waals surface area contributed by atoms with Crippen molar-refractivity contribution in [1.82, 2.24) is 4.98 Å². The van der Waals surface area contributed by atoms with E-state index in [4.69, 9.17) is 11.6 Å². The molecule has 0 bridgehead atoms. The van der Waals surface area contributed by atoms with Crippen LogP contribution in [0, 0.1) is 6.07 Å². The maximum atomic E-state index is 5.78. The lowest BCUT2D eigenvalue weighted by Crippen LogP contribution is -1.77. The van der Waals surface area contributed by atoms with Crippen molar-refractivity contribution in [3.8, 4) is 0 Å². The van der Waals surface area contributed by atoms with Gasteiger partial charge in [-0.05, 0) is 30.3 Å². The lowest BCUT2D eigenvalue weighted by molar-refractivity contribution is 1.13. The molecule has 0 saturated carbocycles. The van der Waals surface area contributed by atoms with Crippen molar-refractivity contribution in [1.29, 1.82) is 0 Å². The smallest absolute Gasteiger partial charge is 0.101 e. The molecule has 1 radical (unpaired) electrons. The molecule has 1 heterocycles. The largest absolute Gasteiger partial charge is 0.249 e. The maximum absolute atomic E-state index is 5.78. The van der Waals surface area contributed by atoms with Gasteiger partial charge in [-0.3, -0.25) is 0 Å². The fourth-order valence-electron chi connectivity index (χ4n) is 0.990. The summed E-state index contributed by atoms with van der Waals surface area (Å²) in [4.78, 5) is 5.30. The Hall–Kier alpha value is -0.990. The average molecular weight is 221 g/mol. The quantitative estimate of drug-likeness (QED) is 0.766. The first-order valence-electron chi connectivity index (χ1n) is 4.10. The predicted octanol–water partition coefficient (Wildman–Crippen LogP) is 3.69. The Kier molecular flexibility index (Phi) is 3.07. The monoisotopic (exact) mass is 220 g/mol. The number of pyridine rings is 1. The molecule has 0 atom stereocenters. The van der Waals surface area contributed by atoms with Gasteiger partial charge in [-0.25, -0.2) is 4.98 Å². The van der Waals surface area contributed by atoms with Crippen molar-refractivity contribution in [2.75, 3.05) is 0 Å². The Morgan fingerprint density at radius 2 is 1.93 bits per heavy atom. The highest BCUT2D eigenvalue weighted by Gasteiger charge is 1.96. The number of hydrogen-bond donors (Lipinski definition) is 0. The number of benzene rings is 1. The van der Waals surface area contributed by atoms with Crippen molar-refractivity contribution >= 4 is 23.4 Å². The van der Waals surface area contributed by atoms with Gasteiger partial charge in [-0.1, -0.05) is 29.4 Å². The molecule has 0 aliphatic rings. The van der Waals surface area contributed by atoms with Crippen LogP contribution in [0.5, 0.6) is 0 Å². The van der Waals surface area contributed by atoms with Gasteiger partial charge < -0.3 is 0 Å². The van der Waals surface area contributed by atoms with Gasteiger partial charge in [-0.15, -0.1) is 0 Å². The molecule has 0 fully saturated rings. The van der Waals surface area contributed by atoms with E-state index in [1.54, 1.807) is 18.0 Å². The zero-order valence-electron chi connectivity index (χ0n) is 7.27. The summed E-state index contributed by atoms with van der Waals surface area (Å²) in [6.07, 6.45) is 1.66. The van der Waals surface area contributed by atoms with Crippen LogP contribution in [-0.2, 0) is 0 Å². The third kappa shape index (κ3) is 2.50. The van der Waals surface area contributed by atoms with Crippen LogP contribution in [-0.4, -0.2) is 4.98 Å². The van der Waals surface area contributed by atoms with Crippen molar-refractivity contribution < 1.29 is 0 Å². The molecule has 14 heavy (non-hydrogen) atoms. The van der Waals surface area contributed by atoms with E-state index >= 15 is 0 Å². The van der Waals surface area contributed by atoms with Gasteiger partial charge >= 0.3 is 0 Å². The van der Waals surface area contributed by atoms with E-state index in [1.165, 1.54) is 0 Å². The topological polar surface area (TPSA) is 12.9 Å². The van der Waals surface area contributed by atoms with Crippen LogP contribution >= 0.6 is 23.4 Å². The SMILES string of the molecule is Clc1ccc(Sc2cc[c]cn2)cc1. The van der Waals surface area contributed by atoms with Gasteiger partial charge in [-0.2, -0.15) is 0 Å². The number of hydrogen-bond acceptors (Lipinski definition) is 2. The lowest BCUT2D eigenvalue weighted by Gasteiger charge is -1.99. The molecule has 0 N–H and O–H groups in total. The molecule has 2 aromatic rings. The molecule has 2 rings (SSSR count). The summed E-state index contributed by atoms with van der Waals surface area (Å²) in [5, 5.41) is 1.72. The summed E-state index contributed by atoms with van der Waals surface area (Å²) in [6, 6.07) is 14.4. The zero-order chi connectivity index (χ0) is 9.80. The van der Waals surface area contributed by atoms with E-state index in [9.17, 15) is 0 Å². The maximum Gasteiger partial charge on any atom is 0.101 e. The molecule has 1 aromatic carbocycles. The average Bonchev–Trinajstić information content (AvgIpc) is 2.23. The number of aromatic nitrogens is 1. The van der Waals surface area contributed by atoms with E-state index in [-0.39, 0.29) is 0 Å². The Morgan fingerprint density at radius 3 is 2.57 bits per heavy atom. The molecule has 3 heteroatoms. The van der Waals surface area contributed by atoms with E-state index < -0.39 is 0 Å². The highest BCUT2D eigenvalue weighted by molar-refractivity contribution is 7.99. The summed E-state index contributed by atoms with van der Waals surface area (Å²) < 4.78 is 0. The summed E-state index contributed by atoms with van der Waals surface area (Å²) in [6.45, 7) is 0. The Balaban J connectivity index is 2.16. The summed E-state index contributed by atoms with van der Waals surface area (Å²) in [5.41, 5.74) is 0. The van der Waals surface area contributed by atoms with E-state index in [1.807, 2.05) is 36.4 Å². The van der Waals surface area contributed by atoms with Crippen molar-refractivity contribution in [2.24, 2.45) is 0 Å². The molecule has 0 spiro atoms. The molecular weight excluding hydrogens is 214 g/mol. The van der Waals surface area contributed by atoms with Crippen molar-refractivity contribution in [3.63, 3.8) is 0 Å². The molecule has 0 amide bonds. The minimum Gasteiger partial charge on any atom is -0.249 e. The van der Waals surface area contributed by atoms with Crippen LogP contribution in [0.1, 0.15) is 0 Å². The first-order valence-corrected chi connectivity index (χ1v) is 5.29. The molecule has 0 unspecified atom stereocenters. The molecule has 69 valence electrons. The highest BCUT2D eigenvalue weighted by Crippen LogP contribution is 2.26. The second kappa shape index (κ2) is 4.49. The third-order valence-corrected chi connectivity index (χ3v) is 2.83. The van der Waals surface area contributed by atoms with Crippen LogP contribution in [0.25, 0.3) is 0 Å². The summed E-state index contributed by atoms with van der Waals surface area (Å²) in [7, 11) is 0. The second-order valence-corrected chi connectivity index (χ2v) is 4.18. The minimum absolute atomic E-state index is 0.753.